The minimum absolute atomic E-state index is 0.0434. The molecule has 0 radical (unpaired) electrons. The molecule has 0 heterocycles. The SMILES string of the molecule is CCCC(C)(CNCC(C)C)Cc1cc(F)ccc1F. The Hall–Kier alpha value is -0.960. The van der Waals surface area contributed by atoms with E-state index in [1.165, 1.54) is 18.2 Å². The molecule has 20 heavy (non-hydrogen) atoms. The Morgan fingerprint density at radius 1 is 1.25 bits per heavy atom. The Balaban J connectivity index is 2.76. The summed E-state index contributed by atoms with van der Waals surface area (Å²) in [5.74, 6) is -0.0836. The minimum atomic E-state index is -0.365. The highest BCUT2D eigenvalue weighted by Crippen LogP contribution is 2.29. The fourth-order valence-corrected chi connectivity index (χ4v) is 2.64. The van der Waals surface area contributed by atoms with Crippen molar-refractivity contribution in [3.63, 3.8) is 0 Å². The van der Waals surface area contributed by atoms with Gasteiger partial charge in [-0.25, -0.2) is 8.78 Å². The molecule has 0 amide bonds. The third-order valence-corrected chi connectivity index (χ3v) is 3.58. The summed E-state index contributed by atoms with van der Waals surface area (Å²) in [4.78, 5) is 0. The van der Waals surface area contributed by atoms with Crippen LogP contribution >= 0.6 is 0 Å². The maximum Gasteiger partial charge on any atom is 0.126 e. The van der Waals surface area contributed by atoms with Crippen LogP contribution in [0, 0.1) is 23.0 Å². The first-order valence-electron chi connectivity index (χ1n) is 7.51. The first kappa shape index (κ1) is 17.1. The van der Waals surface area contributed by atoms with Crippen LogP contribution in [0.2, 0.25) is 0 Å². The third-order valence-electron chi connectivity index (χ3n) is 3.58. The molecule has 0 aliphatic rings. The molecule has 1 rings (SSSR count). The van der Waals surface area contributed by atoms with Crippen LogP contribution in [0.3, 0.4) is 0 Å². The average Bonchev–Trinajstić information content (AvgIpc) is 2.33. The summed E-state index contributed by atoms with van der Waals surface area (Å²) in [7, 11) is 0. The molecule has 1 aromatic rings. The van der Waals surface area contributed by atoms with Crippen molar-refractivity contribution in [2.75, 3.05) is 13.1 Å². The van der Waals surface area contributed by atoms with Gasteiger partial charge in [0, 0.05) is 6.54 Å². The Labute approximate surface area is 121 Å². The van der Waals surface area contributed by atoms with Crippen LogP contribution in [-0.2, 0) is 6.42 Å². The van der Waals surface area contributed by atoms with Crippen molar-refractivity contribution in [2.24, 2.45) is 11.3 Å². The second-order valence-corrected chi connectivity index (χ2v) is 6.50. The van der Waals surface area contributed by atoms with E-state index in [1.807, 2.05) is 0 Å². The summed E-state index contributed by atoms with van der Waals surface area (Å²) in [6.07, 6.45) is 2.60. The van der Waals surface area contributed by atoms with Gasteiger partial charge in [-0.05, 0) is 54.5 Å². The third kappa shape index (κ3) is 5.58. The summed E-state index contributed by atoms with van der Waals surface area (Å²) in [5, 5.41) is 3.45. The lowest BCUT2D eigenvalue weighted by Gasteiger charge is -2.30. The highest BCUT2D eigenvalue weighted by molar-refractivity contribution is 5.20. The van der Waals surface area contributed by atoms with Crippen LogP contribution in [0.25, 0.3) is 0 Å². The topological polar surface area (TPSA) is 12.0 Å². The molecular formula is C17H27F2N. The number of hydrogen-bond donors (Lipinski definition) is 1. The molecule has 0 fully saturated rings. The molecule has 114 valence electrons. The van der Waals surface area contributed by atoms with E-state index >= 15 is 0 Å². The van der Waals surface area contributed by atoms with Crippen molar-refractivity contribution in [1.29, 1.82) is 0 Å². The highest BCUT2D eigenvalue weighted by atomic mass is 19.1. The highest BCUT2D eigenvalue weighted by Gasteiger charge is 2.25. The molecule has 0 aliphatic carbocycles. The van der Waals surface area contributed by atoms with Crippen LogP contribution in [-0.4, -0.2) is 13.1 Å². The van der Waals surface area contributed by atoms with Crippen molar-refractivity contribution in [3.05, 3.63) is 35.4 Å². The zero-order valence-corrected chi connectivity index (χ0v) is 13.1. The molecule has 0 saturated heterocycles. The van der Waals surface area contributed by atoms with Crippen molar-refractivity contribution < 1.29 is 8.78 Å². The Bertz CT molecular complexity index is 417. The number of rotatable bonds is 8. The number of hydrogen-bond acceptors (Lipinski definition) is 1. The van der Waals surface area contributed by atoms with Crippen molar-refractivity contribution in [3.8, 4) is 0 Å². The van der Waals surface area contributed by atoms with Crippen molar-refractivity contribution in [2.45, 2.75) is 47.0 Å². The average molecular weight is 283 g/mol. The molecular weight excluding hydrogens is 256 g/mol. The largest absolute Gasteiger partial charge is 0.316 e. The summed E-state index contributed by atoms with van der Waals surface area (Å²) in [6.45, 7) is 10.4. The molecule has 1 atom stereocenters. The molecule has 3 heteroatoms. The zero-order valence-electron chi connectivity index (χ0n) is 13.1. The Morgan fingerprint density at radius 2 is 1.95 bits per heavy atom. The van der Waals surface area contributed by atoms with Crippen LogP contribution in [0.15, 0.2) is 18.2 Å². The first-order chi connectivity index (χ1) is 9.36. The van der Waals surface area contributed by atoms with E-state index in [-0.39, 0.29) is 17.0 Å². The Morgan fingerprint density at radius 3 is 2.55 bits per heavy atom. The molecule has 0 spiro atoms. The Kier molecular flexibility index (Phi) is 6.60. The zero-order chi connectivity index (χ0) is 15.2. The summed E-state index contributed by atoms with van der Waals surface area (Å²) < 4.78 is 27.1. The van der Waals surface area contributed by atoms with Gasteiger partial charge < -0.3 is 5.32 Å². The number of benzene rings is 1. The standard InChI is InChI=1S/C17H27F2N/c1-5-8-17(4,12-20-11-13(2)3)10-14-9-15(18)6-7-16(14)19/h6-7,9,13,20H,5,8,10-12H2,1-4H3. The van der Waals surface area contributed by atoms with Gasteiger partial charge in [0.1, 0.15) is 11.6 Å². The smallest absolute Gasteiger partial charge is 0.126 e. The summed E-state index contributed by atoms with van der Waals surface area (Å²) in [5.41, 5.74) is 0.436. The maximum absolute atomic E-state index is 13.8. The van der Waals surface area contributed by atoms with Gasteiger partial charge >= 0.3 is 0 Å². The minimum Gasteiger partial charge on any atom is -0.316 e. The lowest BCUT2D eigenvalue weighted by atomic mass is 9.79. The van der Waals surface area contributed by atoms with Gasteiger partial charge in [0.2, 0.25) is 0 Å². The van der Waals surface area contributed by atoms with E-state index in [1.54, 1.807) is 0 Å². The van der Waals surface area contributed by atoms with Crippen LogP contribution in [0.4, 0.5) is 8.78 Å². The number of nitrogens with one attached hydrogen (secondary N) is 1. The normalized spacial score (nSPS) is 14.6. The van der Waals surface area contributed by atoms with E-state index in [0.29, 0.717) is 17.9 Å². The van der Waals surface area contributed by atoms with E-state index in [2.05, 4.69) is 33.0 Å². The van der Waals surface area contributed by atoms with E-state index in [9.17, 15) is 8.78 Å². The predicted octanol–water partition coefficient (Wildman–Crippen LogP) is 4.56. The van der Waals surface area contributed by atoms with E-state index in [0.717, 1.165) is 25.9 Å². The van der Waals surface area contributed by atoms with Gasteiger partial charge in [-0.3, -0.25) is 0 Å². The van der Waals surface area contributed by atoms with Gasteiger partial charge in [-0.1, -0.05) is 34.1 Å². The van der Waals surface area contributed by atoms with Crippen molar-refractivity contribution >= 4 is 0 Å². The van der Waals surface area contributed by atoms with Crippen LogP contribution < -0.4 is 5.32 Å². The molecule has 0 aliphatic heterocycles. The van der Waals surface area contributed by atoms with Gasteiger partial charge in [-0.15, -0.1) is 0 Å². The van der Waals surface area contributed by atoms with Gasteiger partial charge in [0.25, 0.3) is 0 Å². The molecule has 1 N–H and O–H groups in total. The molecule has 0 aromatic heterocycles. The molecule has 1 aromatic carbocycles. The molecule has 0 saturated carbocycles. The molecule has 0 bridgehead atoms. The second kappa shape index (κ2) is 7.72. The lowest BCUT2D eigenvalue weighted by Crippen LogP contribution is -2.35. The van der Waals surface area contributed by atoms with Gasteiger partial charge in [0.15, 0.2) is 0 Å². The summed E-state index contributed by atoms with van der Waals surface area (Å²) in [6, 6.07) is 3.72. The second-order valence-electron chi connectivity index (χ2n) is 6.50. The van der Waals surface area contributed by atoms with E-state index < -0.39 is 0 Å². The lowest BCUT2D eigenvalue weighted by molar-refractivity contribution is 0.267. The van der Waals surface area contributed by atoms with Crippen LogP contribution in [0.5, 0.6) is 0 Å². The van der Waals surface area contributed by atoms with Crippen LogP contribution in [0.1, 0.15) is 46.1 Å². The van der Waals surface area contributed by atoms with E-state index in [4.69, 9.17) is 0 Å². The van der Waals surface area contributed by atoms with Crippen molar-refractivity contribution in [1.82, 2.24) is 5.32 Å². The maximum atomic E-state index is 13.8. The fraction of sp³-hybridized carbons (Fsp3) is 0.647. The summed E-state index contributed by atoms with van der Waals surface area (Å²) >= 11 is 0. The number of halogens is 2. The van der Waals surface area contributed by atoms with Gasteiger partial charge in [-0.2, -0.15) is 0 Å². The first-order valence-corrected chi connectivity index (χ1v) is 7.51. The fourth-order valence-electron chi connectivity index (χ4n) is 2.64. The predicted molar refractivity (Wildman–Crippen MR) is 80.8 cm³/mol. The molecule has 1 unspecified atom stereocenters. The molecule has 1 nitrogen and oxygen atoms in total. The quantitative estimate of drug-likeness (QED) is 0.737. The monoisotopic (exact) mass is 283 g/mol. The van der Waals surface area contributed by atoms with Gasteiger partial charge in [0.05, 0.1) is 0 Å².